The fourth-order valence-corrected chi connectivity index (χ4v) is 5.26. The summed E-state index contributed by atoms with van der Waals surface area (Å²) in [5.41, 5.74) is 2.32. The normalized spacial score (nSPS) is 14.2. The first-order valence-corrected chi connectivity index (χ1v) is 13.4. The summed E-state index contributed by atoms with van der Waals surface area (Å²) in [7, 11) is 0. The first kappa shape index (κ1) is 27.6. The van der Waals surface area contributed by atoms with Crippen LogP contribution in [0.1, 0.15) is 66.5 Å². The fraction of sp³-hybridized carbons (Fsp3) is 0.414. The van der Waals surface area contributed by atoms with Gasteiger partial charge in [0.15, 0.2) is 5.11 Å². The maximum absolute atomic E-state index is 13.7. The Bertz CT molecular complexity index is 1240. The number of halogens is 3. The quantitative estimate of drug-likeness (QED) is 0.316. The van der Waals surface area contributed by atoms with Gasteiger partial charge in [0.1, 0.15) is 0 Å². The lowest BCUT2D eigenvalue weighted by Crippen LogP contribution is -2.45. The molecule has 0 saturated heterocycles. The summed E-state index contributed by atoms with van der Waals surface area (Å²) in [6.45, 7) is 1.25. The second-order valence-electron chi connectivity index (χ2n) is 9.79. The van der Waals surface area contributed by atoms with E-state index in [1.807, 2.05) is 23.2 Å². The Morgan fingerprint density at radius 2 is 1.84 bits per heavy atom. The van der Waals surface area contributed by atoms with Crippen LogP contribution in [-0.2, 0) is 25.7 Å². The van der Waals surface area contributed by atoms with Crippen molar-refractivity contribution in [2.75, 3.05) is 6.54 Å². The molecule has 1 fully saturated rings. The highest BCUT2D eigenvalue weighted by molar-refractivity contribution is 7.80. The third kappa shape index (κ3) is 7.57. The molecule has 1 aliphatic rings. The Labute approximate surface area is 227 Å². The highest BCUT2D eigenvalue weighted by Crippen LogP contribution is 2.32. The lowest BCUT2D eigenvalue weighted by molar-refractivity contribution is -0.138. The number of hydrogen-bond donors (Lipinski definition) is 1. The topological polar surface area (TPSA) is 56.9 Å². The first-order valence-electron chi connectivity index (χ1n) is 13.0. The molecule has 38 heavy (non-hydrogen) atoms. The van der Waals surface area contributed by atoms with Crippen LogP contribution in [0.2, 0.25) is 0 Å². The van der Waals surface area contributed by atoms with Gasteiger partial charge in [-0.1, -0.05) is 49.6 Å². The molecule has 1 aromatic heterocycles. The van der Waals surface area contributed by atoms with Crippen molar-refractivity contribution in [3.63, 3.8) is 0 Å². The van der Waals surface area contributed by atoms with Crippen LogP contribution in [0.25, 0.3) is 0 Å². The molecule has 2 aromatic carbocycles. The summed E-state index contributed by atoms with van der Waals surface area (Å²) in [4.78, 5) is 6.17. The van der Waals surface area contributed by atoms with Gasteiger partial charge in [0.25, 0.3) is 0 Å². The Morgan fingerprint density at radius 1 is 1.11 bits per heavy atom. The number of alkyl halides is 3. The van der Waals surface area contributed by atoms with Gasteiger partial charge in [-0.05, 0) is 67.2 Å². The third-order valence-corrected chi connectivity index (χ3v) is 7.38. The van der Waals surface area contributed by atoms with Crippen LogP contribution in [0.4, 0.5) is 13.2 Å². The number of aryl methyl sites for hydroxylation is 1. The summed E-state index contributed by atoms with van der Waals surface area (Å²) in [5.74, 6) is 0. The molecule has 0 bridgehead atoms. The number of aromatic nitrogens is 2. The molecule has 0 aliphatic heterocycles. The van der Waals surface area contributed by atoms with E-state index in [1.54, 1.807) is 24.5 Å². The lowest BCUT2D eigenvalue weighted by Gasteiger charge is -2.31. The molecule has 0 amide bonds. The maximum Gasteiger partial charge on any atom is 0.416 e. The zero-order valence-electron chi connectivity index (χ0n) is 21.3. The average Bonchev–Trinajstić information content (AvgIpc) is 3.35. The van der Waals surface area contributed by atoms with E-state index in [9.17, 15) is 13.2 Å². The second kappa shape index (κ2) is 12.9. The smallest absolute Gasteiger partial charge is 0.360 e. The van der Waals surface area contributed by atoms with E-state index in [0.717, 1.165) is 43.0 Å². The van der Waals surface area contributed by atoms with Crippen molar-refractivity contribution in [1.29, 1.82) is 5.26 Å². The van der Waals surface area contributed by atoms with Crippen LogP contribution >= 0.6 is 12.2 Å². The van der Waals surface area contributed by atoms with Crippen LogP contribution in [0.5, 0.6) is 0 Å². The van der Waals surface area contributed by atoms with Crippen molar-refractivity contribution in [2.24, 2.45) is 0 Å². The summed E-state index contributed by atoms with van der Waals surface area (Å²) in [6, 6.07) is 15.6. The monoisotopic (exact) mass is 539 g/mol. The van der Waals surface area contributed by atoms with Crippen molar-refractivity contribution in [3.8, 4) is 6.07 Å². The van der Waals surface area contributed by atoms with E-state index in [4.69, 9.17) is 17.5 Å². The largest absolute Gasteiger partial charge is 0.416 e. The molecule has 9 heteroatoms. The Kier molecular flexibility index (Phi) is 9.40. The molecular formula is C29H32F3N5S. The number of imidazole rings is 1. The van der Waals surface area contributed by atoms with Gasteiger partial charge in [-0.3, -0.25) is 0 Å². The molecule has 1 saturated carbocycles. The van der Waals surface area contributed by atoms with Crippen molar-refractivity contribution in [2.45, 2.75) is 70.3 Å². The van der Waals surface area contributed by atoms with Crippen LogP contribution in [-0.4, -0.2) is 32.2 Å². The number of nitrogens with zero attached hydrogens (tertiary/aromatic N) is 4. The number of hydrogen-bond acceptors (Lipinski definition) is 3. The SMILES string of the molecule is N#Cc1ccc(Cn2cncc2CCCN(Cc2ccccc2C(F)(F)F)C(=S)NC2CCCCC2)cc1. The molecule has 4 rings (SSSR count). The molecule has 3 aromatic rings. The summed E-state index contributed by atoms with van der Waals surface area (Å²) in [6.07, 6.45) is 6.15. The lowest BCUT2D eigenvalue weighted by atomic mass is 9.96. The molecule has 200 valence electrons. The van der Waals surface area contributed by atoms with Crippen LogP contribution in [0.3, 0.4) is 0 Å². The molecule has 0 radical (unpaired) electrons. The molecule has 0 unspecified atom stereocenters. The molecule has 0 atom stereocenters. The van der Waals surface area contributed by atoms with Crippen molar-refractivity contribution >= 4 is 17.3 Å². The number of nitriles is 1. The highest BCUT2D eigenvalue weighted by Gasteiger charge is 2.33. The number of rotatable bonds is 9. The predicted octanol–water partition coefficient (Wildman–Crippen LogP) is 6.46. The summed E-state index contributed by atoms with van der Waals surface area (Å²) >= 11 is 5.73. The van der Waals surface area contributed by atoms with Gasteiger partial charge in [-0.2, -0.15) is 18.4 Å². The van der Waals surface area contributed by atoms with E-state index in [-0.39, 0.29) is 18.2 Å². The molecule has 1 heterocycles. The van der Waals surface area contributed by atoms with Gasteiger partial charge in [0.05, 0.1) is 23.5 Å². The predicted molar refractivity (Wildman–Crippen MR) is 145 cm³/mol. The van der Waals surface area contributed by atoms with E-state index >= 15 is 0 Å². The van der Waals surface area contributed by atoms with Gasteiger partial charge in [0, 0.05) is 37.6 Å². The Balaban J connectivity index is 1.43. The molecule has 5 nitrogen and oxygen atoms in total. The van der Waals surface area contributed by atoms with Gasteiger partial charge in [0.2, 0.25) is 0 Å². The van der Waals surface area contributed by atoms with Gasteiger partial charge >= 0.3 is 6.18 Å². The summed E-state index contributed by atoms with van der Waals surface area (Å²) < 4.78 is 43.1. The molecule has 1 aliphatic carbocycles. The molecule has 0 spiro atoms. The minimum Gasteiger partial charge on any atom is -0.360 e. The van der Waals surface area contributed by atoms with E-state index in [0.29, 0.717) is 36.6 Å². The first-order chi connectivity index (χ1) is 18.3. The van der Waals surface area contributed by atoms with Gasteiger partial charge < -0.3 is 14.8 Å². The molecule has 1 N–H and O–H groups in total. The van der Waals surface area contributed by atoms with Gasteiger partial charge in [-0.25, -0.2) is 4.98 Å². The van der Waals surface area contributed by atoms with Crippen LogP contribution in [0.15, 0.2) is 61.1 Å². The van der Waals surface area contributed by atoms with Crippen molar-refractivity contribution in [1.82, 2.24) is 19.8 Å². The zero-order chi connectivity index (χ0) is 27.0. The van der Waals surface area contributed by atoms with E-state index in [1.165, 1.54) is 18.6 Å². The Hall–Kier alpha value is -3.38. The van der Waals surface area contributed by atoms with E-state index in [2.05, 4.69) is 20.9 Å². The number of thiocarbonyl (C=S) groups is 1. The fourth-order valence-electron chi connectivity index (χ4n) is 4.94. The van der Waals surface area contributed by atoms with Crippen molar-refractivity contribution < 1.29 is 13.2 Å². The van der Waals surface area contributed by atoms with Gasteiger partial charge in [-0.15, -0.1) is 0 Å². The minimum atomic E-state index is -4.42. The average molecular weight is 540 g/mol. The number of nitrogens with one attached hydrogen (secondary N) is 1. The Morgan fingerprint density at radius 3 is 2.55 bits per heavy atom. The van der Waals surface area contributed by atoms with Crippen LogP contribution < -0.4 is 5.32 Å². The van der Waals surface area contributed by atoms with Crippen LogP contribution in [0, 0.1) is 11.3 Å². The zero-order valence-corrected chi connectivity index (χ0v) is 22.1. The van der Waals surface area contributed by atoms with Crippen molar-refractivity contribution in [3.05, 3.63) is 89.0 Å². The third-order valence-electron chi connectivity index (χ3n) is 7.00. The standard InChI is InChI=1S/C29H32F3N5S/c30-29(31,32)27-11-5-4-7-24(27)20-36(28(38)35-25-8-2-1-3-9-25)16-6-10-26-18-34-21-37(26)19-23-14-12-22(17-33)13-15-23/h4-5,7,11-15,18,21,25H,1-3,6,8-10,16,19-20H2,(H,35,38). The highest BCUT2D eigenvalue weighted by atomic mass is 32.1. The second-order valence-corrected chi connectivity index (χ2v) is 10.2. The molecular weight excluding hydrogens is 507 g/mol. The minimum absolute atomic E-state index is 0.0960. The number of benzene rings is 2. The maximum atomic E-state index is 13.7. The summed E-state index contributed by atoms with van der Waals surface area (Å²) in [5, 5.41) is 13.0. The van der Waals surface area contributed by atoms with E-state index < -0.39 is 11.7 Å².